The van der Waals surface area contributed by atoms with E-state index in [0.29, 0.717) is 6.04 Å². The first-order chi connectivity index (χ1) is 11.8. The van der Waals surface area contributed by atoms with Gasteiger partial charge in [0.05, 0.1) is 10.7 Å². The summed E-state index contributed by atoms with van der Waals surface area (Å²) in [5.41, 5.74) is 2.37. The van der Waals surface area contributed by atoms with Crippen LogP contribution in [0.1, 0.15) is 53.6 Å². The molecule has 0 radical (unpaired) electrons. The number of aromatic nitrogens is 3. The minimum Gasteiger partial charge on any atom is -0.305 e. The molecule has 3 aromatic rings. The maximum atomic E-state index is 4.60. The van der Waals surface area contributed by atoms with E-state index >= 15 is 0 Å². The lowest BCUT2D eigenvalue weighted by Crippen LogP contribution is -2.17. The second-order valence-corrected chi connectivity index (χ2v) is 7.58. The van der Waals surface area contributed by atoms with Crippen LogP contribution < -0.4 is 5.32 Å². The predicted molar refractivity (Wildman–Crippen MR) is 97.5 cm³/mol. The van der Waals surface area contributed by atoms with Crippen molar-refractivity contribution in [2.45, 2.75) is 44.7 Å². The van der Waals surface area contributed by atoms with Gasteiger partial charge in [0.15, 0.2) is 0 Å². The Kier molecular flexibility index (Phi) is 4.45. The van der Waals surface area contributed by atoms with Gasteiger partial charge in [-0.15, -0.1) is 11.3 Å². The Morgan fingerprint density at radius 3 is 2.79 bits per heavy atom. The second kappa shape index (κ2) is 6.87. The van der Waals surface area contributed by atoms with Crippen molar-refractivity contribution in [1.82, 2.24) is 20.1 Å². The first-order valence-electron chi connectivity index (χ1n) is 8.57. The highest BCUT2D eigenvalue weighted by Gasteiger charge is 2.22. The molecule has 1 fully saturated rings. The van der Waals surface area contributed by atoms with Crippen molar-refractivity contribution in [3.63, 3.8) is 0 Å². The minimum atomic E-state index is 0.311. The van der Waals surface area contributed by atoms with Crippen molar-refractivity contribution in [3.05, 3.63) is 64.4 Å². The van der Waals surface area contributed by atoms with E-state index in [0.717, 1.165) is 18.2 Å². The molecule has 1 N–H and O–H groups in total. The molecule has 0 saturated heterocycles. The molecule has 24 heavy (non-hydrogen) atoms. The molecule has 1 aliphatic carbocycles. The average Bonchev–Trinajstić information content (AvgIpc) is 3.23. The molecule has 0 unspecified atom stereocenters. The van der Waals surface area contributed by atoms with Crippen molar-refractivity contribution in [2.75, 3.05) is 0 Å². The van der Waals surface area contributed by atoms with Crippen molar-refractivity contribution < 1.29 is 0 Å². The molecule has 0 spiro atoms. The van der Waals surface area contributed by atoms with Crippen LogP contribution in [0.3, 0.4) is 0 Å². The minimum absolute atomic E-state index is 0.311. The highest BCUT2D eigenvalue weighted by Crippen LogP contribution is 2.38. The molecule has 5 heteroatoms. The van der Waals surface area contributed by atoms with Gasteiger partial charge in [0, 0.05) is 42.0 Å². The normalized spacial score (nSPS) is 16.0. The maximum absolute atomic E-state index is 4.60. The molecule has 1 aromatic carbocycles. The third kappa shape index (κ3) is 3.28. The van der Waals surface area contributed by atoms with Crippen LogP contribution in [0.25, 0.3) is 5.69 Å². The lowest BCUT2D eigenvalue weighted by molar-refractivity contribution is 0.418. The quantitative estimate of drug-likeness (QED) is 0.722. The zero-order valence-corrected chi connectivity index (χ0v) is 14.7. The van der Waals surface area contributed by atoms with E-state index in [9.17, 15) is 0 Å². The topological polar surface area (TPSA) is 42.7 Å². The third-order valence-electron chi connectivity index (χ3n) is 4.77. The number of nitrogens with zero attached hydrogens (tertiary/aromatic N) is 3. The van der Waals surface area contributed by atoms with Crippen molar-refractivity contribution in [2.24, 2.45) is 0 Å². The van der Waals surface area contributed by atoms with Crippen molar-refractivity contribution in [3.8, 4) is 5.69 Å². The molecule has 0 aliphatic heterocycles. The van der Waals surface area contributed by atoms with Crippen LogP contribution in [0.4, 0.5) is 0 Å². The zero-order valence-electron chi connectivity index (χ0n) is 13.9. The molecule has 124 valence electrons. The Labute approximate surface area is 146 Å². The van der Waals surface area contributed by atoms with Gasteiger partial charge < -0.3 is 5.32 Å². The molecule has 4 rings (SSSR count). The Morgan fingerprint density at radius 1 is 1.29 bits per heavy atom. The van der Waals surface area contributed by atoms with Crippen molar-refractivity contribution in [1.29, 1.82) is 0 Å². The summed E-state index contributed by atoms with van der Waals surface area (Å²) in [6.45, 7) is 3.09. The maximum Gasteiger partial charge on any atom is 0.0959 e. The molecule has 1 aliphatic rings. The molecule has 2 heterocycles. The summed E-state index contributed by atoms with van der Waals surface area (Å²) in [5, 5.41) is 9.19. The van der Waals surface area contributed by atoms with E-state index in [1.807, 2.05) is 34.5 Å². The lowest BCUT2D eigenvalue weighted by atomic mass is 9.86. The molecule has 2 aromatic heterocycles. The molecular formula is C19H22N4S. The highest BCUT2D eigenvalue weighted by atomic mass is 32.1. The number of rotatable bonds is 6. The smallest absolute Gasteiger partial charge is 0.0959 e. The van der Waals surface area contributed by atoms with Crippen molar-refractivity contribution >= 4 is 11.3 Å². The Balaban J connectivity index is 1.35. The monoisotopic (exact) mass is 338 g/mol. The van der Waals surface area contributed by atoms with Crippen LogP contribution in [0.2, 0.25) is 0 Å². The van der Waals surface area contributed by atoms with Gasteiger partial charge in [-0.3, -0.25) is 0 Å². The van der Waals surface area contributed by atoms with Gasteiger partial charge in [0.2, 0.25) is 0 Å². The largest absolute Gasteiger partial charge is 0.305 e. The SMILES string of the molecule is C[C@@H](NCc1cnc(C2CCC2)s1)c1ccc(-n2cccn2)cc1. The lowest BCUT2D eigenvalue weighted by Gasteiger charge is -2.22. The van der Waals surface area contributed by atoms with Crippen LogP contribution in [-0.2, 0) is 6.54 Å². The van der Waals surface area contributed by atoms with E-state index in [1.54, 1.807) is 6.20 Å². The number of thiazole rings is 1. The van der Waals surface area contributed by atoms with Gasteiger partial charge >= 0.3 is 0 Å². The molecule has 1 atom stereocenters. The number of hydrogen-bond acceptors (Lipinski definition) is 4. The zero-order chi connectivity index (χ0) is 16.4. The van der Waals surface area contributed by atoms with Gasteiger partial charge in [0.1, 0.15) is 0 Å². The summed E-state index contributed by atoms with van der Waals surface area (Å²) in [7, 11) is 0. The average molecular weight is 338 g/mol. The first-order valence-corrected chi connectivity index (χ1v) is 9.39. The fraction of sp³-hybridized carbons (Fsp3) is 0.368. The second-order valence-electron chi connectivity index (χ2n) is 6.44. The third-order valence-corrected chi connectivity index (χ3v) is 5.93. The first kappa shape index (κ1) is 15.5. The van der Waals surface area contributed by atoms with Gasteiger partial charge in [0.25, 0.3) is 0 Å². The van der Waals surface area contributed by atoms with Crippen LogP contribution in [0, 0.1) is 0 Å². The van der Waals surface area contributed by atoms with E-state index in [1.165, 1.54) is 34.7 Å². The van der Waals surface area contributed by atoms with Crippen LogP contribution in [-0.4, -0.2) is 14.8 Å². The van der Waals surface area contributed by atoms with Gasteiger partial charge in [-0.1, -0.05) is 18.6 Å². The fourth-order valence-corrected chi connectivity index (χ4v) is 3.99. The van der Waals surface area contributed by atoms with Gasteiger partial charge in [-0.25, -0.2) is 9.67 Å². The molecular weight excluding hydrogens is 316 g/mol. The van der Waals surface area contributed by atoms with Gasteiger partial charge in [-0.05, 0) is 43.5 Å². The summed E-state index contributed by atoms with van der Waals surface area (Å²) in [6.07, 6.45) is 9.80. The molecule has 1 saturated carbocycles. The van der Waals surface area contributed by atoms with E-state index in [2.05, 4.69) is 46.6 Å². The fourth-order valence-electron chi connectivity index (χ4n) is 2.96. The summed E-state index contributed by atoms with van der Waals surface area (Å²) in [4.78, 5) is 5.93. The van der Waals surface area contributed by atoms with E-state index < -0.39 is 0 Å². The summed E-state index contributed by atoms with van der Waals surface area (Å²) in [6, 6.07) is 10.8. The van der Waals surface area contributed by atoms with Gasteiger partial charge in [-0.2, -0.15) is 5.10 Å². The van der Waals surface area contributed by atoms with Crippen LogP contribution in [0.5, 0.6) is 0 Å². The Morgan fingerprint density at radius 2 is 2.12 bits per heavy atom. The summed E-state index contributed by atoms with van der Waals surface area (Å²) in [5.74, 6) is 0.732. The standard InChI is InChI=1S/C19H22N4S/c1-14(15-6-8-17(9-7-15)23-11-3-10-22-23)20-12-18-13-21-19(24-18)16-4-2-5-16/h3,6-11,13-14,16,20H,2,4-5,12H2,1H3/t14-/m1/s1. The molecule has 4 nitrogen and oxygen atoms in total. The molecule has 0 bridgehead atoms. The van der Waals surface area contributed by atoms with Crippen LogP contribution in [0.15, 0.2) is 48.9 Å². The number of nitrogens with one attached hydrogen (secondary N) is 1. The van der Waals surface area contributed by atoms with Crippen LogP contribution >= 0.6 is 11.3 Å². The Hall–Kier alpha value is -1.98. The van der Waals surface area contributed by atoms with E-state index in [4.69, 9.17) is 0 Å². The number of hydrogen-bond donors (Lipinski definition) is 1. The highest BCUT2D eigenvalue weighted by molar-refractivity contribution is 7.11. The molecule has 0 amide bonds. The summed E-state index contributed by atoms with van der Waals surface area (Å²) < 4.78 is 1.88. The predicted octanol–water partition coefficient (Wildman–Crippen LogP) is 4.45. The number of benzene rings is 1. The Bertz CT molecular complexity index is 772. The summed E-state index contributed by atoms with van der Waals surface area (Å²) >= 11 is 1.87. The van der Waals surface area contributed by atoms with E-state index in [-0.39, 0.29) is 0 Å².